The zero-order chi connectivity index (χ0) is 18.4. The summed E-state index contributed by atoms with van der Waals surface area (Å²) in [6.45, 7) is 10.8. The highest BCUT2D eigenvalue weighted by molar-refractivity contribution is 5.82. The molecule has 1 atom stereocenters. The van der Waals surface area contributed by atoms with Crippen LogP contribution in [0.15, 0.2) is 30.3 Å². The van der Waals surface area contributed by atoms with Crippen molar-refractivity contribution in [1.29, 1.82) is 0 Å². The van der Waals surface area contributed by atoms with Crippen LogP contribution >= 0.6 is 0 Å². The molecule has 1 aromatic carbocycles. The van der Waals surface area contributed by atoms with E-state index >= 15 is 0 Å². The van der Waals surface area contributed by atoms with E-state index < -0.39 is 0 Å². The lowest BCUT2D eigenvalue weighted by Gasteiger charge is -2.38. The molecule has 0 aliphatic carbocycles. The van der Waals surface area contributed by atoms with Crippen LogP contribution in [0, 0.1) is 0 Å². The molecule has 0 radical (unpaired) electrons. The smallest absolute Gasteiger partial charge is 0.237 e. The maximum absolute atomic E-state index is 12.4. The van der Waals surface area contributed by atoms with Crippen molar-refractivity contribution in [3.63, 3.8) is 0 Å². The summed E-state index contributed by atoms with van der Waals surface area (Å²) in [6.07, 6.45) is 1.33. The van der Waals surface area contributed by atoms with Crippen molar-refractivity contribution in [2.75, 3.05) is 26.2 Å². The van der Waals surface area contributed by atoms with Crippen molar-refractivity contribution >= 4 is 11.8 Å². The lowest BCUT2D eigenvalue weighted by atomic mass is 10.1. The summed E-state index contributed by atoms with van der Waals surface area (Å²) in [5, 5.41) is 3.03. The topological polar surface area (TPSA) is 52.7 Å². The fourth-order valence-electron chi connectivity index (χ4n) is 3.05. The molecular formula is C20H31N3O2. The van der Waals surface area contributed by atoms with Gasteiger partial charge in [-0.1, -0.05) is 30.3 Å². The minimum Gasteiger partial charge on any atom is -0.350 e. The van der Waals surface area contributed by atoms with E-state index in [1.807, 2.05) is 50.8 Å². The summed E-state index contributed by atoms with van der Waals surface area (Å²) >= 11 is 0. The Morgan fingerprint density at radius 2 is 1.68 bits per heavy atom. The van der Waals surface area contributed by atoms with Gasteiger partial charge in [-0.05, 0) is 39.7 Å². The third kappa shape index (κ3) is 6.16. The molecule has 1 saturated heterocycles. The van der Waals surface area contributed by atoms with Gasteiger partial charge in [0, 0.05) is 38.1 Å². The molecule has 138 valence electrons. The SMILES string of the molecule is C[C@@H](C(=O)NC(C)(C)C)N1CCN(C(=O)CCc2ccccc2)CC1. The molecule has 2 rings (SSSR count). The fourth-order valence-corrected chi connectivity index (χ4v) is 3.05. The highest BCUT2D eigenvalue weighted by Crippen LogP contribution is 2.11. The number of carbonyl (C=O) groups is 2. The molecule has 0 spiro atoms. The lowest BCUT2D eigenvalue weighted by Crippen LogP contribution is -2.56. The Kier molecular flexibility index (Phi) is 6.59. The van der Waals surface area contributed by atoms with E-state index in [1.54, 1.807) is 0 Å². The van der Waals surface area contributed by atoms with Crippen molar-refractivity contribution < 1.29 is 9.59 Å². The molecule has 0 bridgehead atoms. The first-order chi connectivity index (χ1) is 11.8. The highest BCUT2D eigenvalue weighted by Gasteiger charge is 2.28. The van der Waals surface area contributed by atoms with Crippen molar-refractivity contribution in [2.45, 2.75) is 52.1 Å². The van der Waals surface area contributed by atoms with E-state index in [9.17, 15) is 9.59 Å². The molecule has 5 heteroatoms. The van der Waals surface area contributed by atoms with Gasteiger partial charge in [0.05, 0.1) is 6.04 Å². The van der Waals surface area contributed by atoms with Crippen LogP contribution in [0.1, 0.15) is 39.7 Å². The predicted molar refractivity (Wildman–Crippen MR) is 100 cm³/mol. The summed E-state index contributed by atoms with van der Waals surface area (Å²) in [4.78, 5) is 28.8. The number of nitrogens with zero attached hydrogens (tertiary/aromatic N) is 2. The first kappa shape index (κ1) is 19.4. The van der Waals surface area contributed by atoms with Gasteiger partial charge in [-0.15, -0.1) is 0 Å². The van der Waals surface area contributed by atoms with Gasteiger partial charge in [-0.25, -0.2) is 0 Å². The fraction of sp³-hybridized carbons (Fsp3) is 0.600. The lowest BCUT2D eigenvalue weighted by molar-refractivity contribution is -0.134. The molecule has 1 N–H and O–H groups in total. The van der Waals surface area contributed by atoms with E-state index in [4.69, 9.17) is 0 Å². The Morgan fingerprint density at radius 3 is 2.24 bits per heavy atom. The van der Waals surface area contributed by atoms with Crippen LogP contribution < -0.4 is 5.32 Å². The minimum atomic E-state index is -0.222. The van der Waals surface area contributed by atoms with Crippen molar-refractivity contribution in [3.05, 3.63) is 35.9 Å². The zero-order valence-electron chi connectivity index (χ0n) is 15.9. The average molecular weight is 345 g/mol. The van der Waals surface area contributed by atoms with Crippen molar-refractivity contribution in [1.82, 2.24) is 15.1 Å². The van der Waals surface area contributed by atoms with Gasteiger partial charge >= 0.3 is 0 Å². The molecule has 0 aromatic heterocycles. The summed E-state index contributed by atoms with van der Waals surface area (Å²) < 4.78 is 0. The molecule has 5 nitrogen and oxygen atoms in total. The number of aryl methyl sites for hydroxylation is 1. The number of piperazine rings is 1. The first-order valence-corrected chi connectivity index (χ1v) is 9.14. The molecule has 25 heavy (non-hydrogen) atoms. The van der Waals surface area contributed by atoms with Crippen LogP contribution in [0.5, 0.6) is 0 Å². The second-order valence-corrected chi connectivity index (χ2v) is 7.82. The number of amides is 2. The summed E-state index contributed by atoms with van der Waals surface area (Å²) in [5.74, 6) is 0.256. The largest absolute Gasteiger partial charge is 0.350 e. The van der Waals surface area contributed by atoms with Gasteiger partial charge in [-0.3, -0.25) is 14.5 Å². The predicted octanol–water partition coefficient (Wildman–Crippen LogP) is 2.07. The summed E-state index contributed by atoms with van der Waals surface area (Å²) in [6, 6.07) is 9.94. The molecule has 0 unspecified atom stereocenters. The Labute approximate surface area is 151 Å². The van der Waals surface area contributed by atoms with Gasteiger partial charge in [-0.2, -0.15) is 0 Å². The molecule has 1 aromatic rings. The highest BCUT2D eigenvalue weighted by atomic mass is 16.2. The maximum atomic E-state index is 12.4. The number of carbonyl (C=O) groups excluding carboxylic acids is 2. The first-order valence-electron chi connectivity index (χ1n) is 9.14. The number of rotatable bonds is 5. The normalized spacial score (nSPS) is 17.2. The maximum Gasteiger partial charge on any atom is 0.237 e. The van der Waals surface area contributed by atoms with Gasteiger partial charge in [0.25, 0.3) is 0 Å². The van der Waals surface area contributed by atoms with Crippen LogP contribution in [0.25, 0.3) is 0 Å². The Balaban J connectivity index is 1.76. The molecule has 1 heterocycles. The van der Waals surface area contributed by atoms with Gasteiger partial charge in [0.15, 0.2) is 0 Å². The Bertz CT molecular complexity index is 572. The van der Waals surface area contributed by atoms with Gasteiger partial charge < -0.3 is 10.2 Å². The van der Waals surface area contributed by atoms with E-state index in [-0.39, 0.29) is 23.4 Å². The van der Waals surface area contributed by atoms with Crippen LogP contribution in [-0.2, 0) is 16.0 Å². The average Bonchev–Trinajstić information content (AvgIpc) is 2.58. The van der Waals surface area contributed by atoms with Crippen molar-refractivity contribution in [3.8, 4) is 0 Å². The van der Waals surface area contributed by atoms with Crippen LogP contribution in [-0.4, -0.2) is 59.4 Å². The second-order valence-electron chi connectivity index (χ2n) is 7.82. The standard InChI is InChI=1S/C20H31N3O2/c1-16(19(25)21-20(2,3)4)22-12-14-23(15-13-22)18(24)11-10-17-8-6-5-7-9-17/h5-9,16H,10-15H2,1-4H3,(H,21,25)/t16-/m0/s1. The quantitative estimate of drug-likeness (QED) is 0.889. The number of benzene rings is 1. The van der Waals surface area contributed by atoms with E-state index in [2.05, 4.69) is 22.3 Å². The van der Waals surface area contributed by atoms with Gasteiger partial charge in [0.1, 0.15) is 0 Å². The third-order valence-electron chi connectivity index (χ3n) is 4.56. The molecule has 1 fully saturated rings. The monoisotopic (exact) mass is 345 g/mol. The summed E-state index contributed by atoms with van der Waals surface area (Å²) in [7, 11) is 0. The number of hydrogen-bond acceptors (Lipinski definition) is 3. The molecule has 1 aliphatic rings. The van der Waals surface area contributed by atoms with E-state index in [1.165, 1.54) is 5.56 Å². The van der Waals surface area contributed by atoms with Crippen LogP contribution in [0.3, 0.4) is 0 Å². The minimum absolute atomic E-state index is 0.0522. The molecule has 1 aliphatic heterocycles. The Hall–Kier alpha value is -1.88. The number of hydrogen-bond donors (Lipinski definition) is 1. The van der Waals surface area contributed by atoms with E-state index in [0.717, 1.165) is 19.5 Å². The third-order valence-corrected chi connectivity index (χ3v) is 4.56. The van der Waals surface area contributed by atoms with Crippen LogP contribution in [0.4, 0.5) is 0 Å². The van der Waals surface area contributed by atoms with E-state index in [0.29, 0.717) is 19.5 Å². The molecule has 2 amide bonds. The summed E-state index contributed by atoms with van der Waals surface area (Å²) in [5.41, 5.74) is 0.975. The number of nitrogens with one attached hydrogen (secondary N) is 1. The van der Waals surface area contributed by atoms with Crippen LogP contribution in [0.2, 0.25) is 0 Å². The Morgan fingerprint density at radius 1 is 1.08 bits per heavy atom. The molecular weight excluding hydrogens is 314 g/mol. The van der Waals surface area contributed by atoms with Crippen molar-refractivity contribution in [2.24, 2.45) is 0 Å². The molecule has 0 saturated carbocycles. The zero-order valence-corrected chi connectivity index (χ0v) is 15.9. The van der Waals surface area contributed by atoms with Gasteiger partial charge in [0.2, 0.25) is 11.8 Å². The second kappa shape index (κ2) is 8.48.